The number of rotatable bonds is 4. The molecule has 0 aliphatic heterocycles. The summed E-state index contributed by atoms with van der Waals surface area (Å²) in [5.41, 5.74) is 2.01. The Balaban J connectivity index is 2.01. The zero-order valence-electron chi connectivity index (χ0n) is 13.2. The fourth-order valence-electron chi connectivity index (χ4n) is 2.50. The molecule has 2 heterocycles. The minimum Gasteiger partial charge on any atom is -0.465 e. The Morgan fingerprint density at radius 3 is 2.70 bits per heavy atom. The Bertz CT molecular complexity index is 846. The van der Waals surface area contributed by atoms with Gasteiger partial charge in [-0.3, -0.25) is 0 Å². The first-order valence-corrected chi connectivity index (χ1v) is 8.07. The lowest BCUT2D eigenvalue weighted by molar-refractivity contribution is 0.0605. The molecule has 3 rings (SSSR count). The van der Waals surface area contributed by atoms with Crippen LogP contribution in [0, 0.1) is 6.92 Å². The van der Waals surface area contributed by atoms with E-state index in [4.69, 9.17) is 4.74 Å². The molecule has 6 heteroatoms. The summed E-state index contributed by atoms with van der Waals surface area (Å²) in [4.78, 5) is 21.9. The molecule has 0 bridgehead atoms. The fraction of sp³-hybridized carbons (Fsp3) is 0.235. The average Bonchev–Trinajstić information content (AvgIpc) is 2.93. The maximum atomic E-state index is 11.9. The fourth-order valence-corrected chi connectivity index (χ4v) is 3.57. The van der Waals surface area contributed by atoms with E-state index in [9.17, 15) is 4.79 Å². The average molecular weight is 327 g/mol. The molecular formula is C17H17N3O2S. The number of nitrogens with one attached hydrogen (secondary N) is 1. The summed E-state index contributed by atoms with van der Waals surface area (Å²) in [5.74, 6) is 0.391. The largest absolute Gasteiger partial charge is 0.465 e. The molecule has 1 unspecified atom stereocenters. The Hall–Kier alpha value is -2.47. The minimum absolute atomic E-state index is 0.0928. The zero-order valence-corrected chi connectivity index (χ0v) is 14.0. The molecule has 3 aromatic rings. The van der Waals surface area contributed by atoms with Gasteiger partial charge in [0.2, 0.25) is 0 Å². The van der Waals surface area contributed by atoms with Crippen molar-refractivity contribution in [3.63, 3.8) is 0 Å². The second-order valence-electron chi connectivity index (χ2n) is 5.23. The summed E-state index contributed by atoms with van der Waals surface area (Å²) in [6.45, 7) is 3.97. The topological polar surface area (TPSA) is 64.1 Å². The molecule has 118 valence electrons. The van der Waals surface area contributed by atoms with Crippen molar-refractivity contribution >= 4 is 33.3 Å². The molecule has 5 nitrogen and oxygen atoms in total. The molecule has 1 aromatic carbocycles. The molecule has 1 N–H and O–H groups in total. The predicted octanol–water partition coefficient (Wildman–Crippen LogP) is 3.96. The van der Waals surface area contributed by atoms with Gasteiger partial charge >= 0.3 is 5.97 Å². The molecule has 23 heavy (non-hydrogen) atoms. The van der Waals surface area contributed by atoms with Crippen molar-refractivity contribution in [2.45, 2.75) is 19.9 Å². The maximum Gasteiger partial charge on any atom is 0.348 e. The van der Waals surface area contributed by atoms with Crippen molar-refractivity contribution in [1.82, 2.24) is 9.97 Å². The third-order valence-electron chi connectivity index (χ3n) is 3.75. The molecule has 0 aliphatic rings. The van der Waals surface area contributed by atoms with Crippen LogP contribution in [0.3, 0.4) is 0 Å². The molecule has 1 atom stereocenters. The van der Waals surface area contributed by atoms with E-state index >= 15 is 0 Å². The van der Waals surface area contributed by atoms with E-state index < -0.39 is 0 Å². The highest BCUT2D eigenvalue weighted by atomic mass is 32.1. The van der Waals surface area contributed by atoms with Gasteiger partial charge in [-0.15, -0.1) is 11.3 Å². The van der Waals surface area contributed by atoms with Crippen LogP contribution in [-0.4, -0.2) is 23.0 Å². The molecule has 0 saturated heterocycles. The van der Waals surface area contributed by atoms with Gasteiger partial charge in [-0.05, 0) is 25.0 Å². The lowest BCUT2D eigenvalue weighted by Crippen LogP contribution is -2.08. The first kappa shape index (κ1) is 15.4. The van der Waals surface area contributed by atoms with Crippen LogP contribution in [0.2, 0.25) is 0 Å². The van der Waals surface area contributed by atoms with Crippen LogP contribution in [0.15, 0.2) is 36.7 Å². The second-order valence-corrected chi connectivity index (χ2v) is 6.23. The van der Waals surface area contributed by atoms with Crippen LogP contribution in [0.25, 0.3) is 10.2 Å². The SMILES string of the molecule is COC(=O)c1sc2ncnc(NC(C)c3ccccc3)c2c1C. The van der Waals surface area contributed by atoms with E-state index in [1.54, 1.807) is 0 Å². The molecular weight excluding hydrogens is 310 g/mol. The Labute approximate surface area is 138 Å². The minimum atomic E-state index is -0.340. The number of hydrogen-bond acceptors (Lipinski definition) is 6. The number of esters is 1. The summed E-state index contributed by atoms with van der Waals surface area (Å²) in [5, 5.41) is 4.29. The van der Waals surface area contributed by atoms with Crippen LogP contribution in [0.4, 0.5) is 5.82 Å². The van der Waals surface area contributed by atoms with Crippen molar-refractivity contribution < 1.29 is 9.53 Å². The Morgan fingerprint density at radius 2 is 2.00 bits per heavy atom. The van der Waals surface area contributed by atoms with Gasteiger partial charge in [-0.2, -0.15) is 0 Å². The number of hydrogen-bond donors (Lipinski definition) is 1. The number of carbonyl (C=O) groups excluding carboxylic acids is 1. The van der Waals surface area contributed by atoms with Gasteiger partial charge < -0.3 is 10.1 Å². The van der Waals surface area contributed by atoms with Gasteiger partial charge in [0.25, 0.3) is 0 Å². The van der Waals surface area contributed by atoms with Gasteiger partial charge in [-0.1, -0.05) is 30.3 Å². The number of nitrogens with zero attached hydrogens (tertiary/aromatic N) is 2. The number of ether oxygens (including phenoxy) is 1. The number of benzene rings is 1. The predicted molar refractivity (Wildman–Crippen MR) is 92.0 cm³/mol. The first-order valence-electron chi connectivity index (χ1n) is 7.25. The quantitative estimate of drug-likeness (QED) is 0.735. The molecule has 0 spiro atoms. The molecule has 0 radical (unpaired) electrons. The number of aromatic nitrogens is 2. The molecule has 0 saturated carbocycles. The van der Waals surface area contributed by atoms with Crippen LogP contribution < -0.4 is 5.32 Å². The number of anilines is 1. The van der Waals surface area contributed by atoms with Gasteiger partial charge in [0.1, 0.15) is 21.9 Å². The van der Waals surface area contributed by atoms with E-state index in [1.807, 2.05) is 25.1 Å². The van der Waals surface area contributed by atoms with E-state index in [2.05, 4.69) is 34.3 Å². The third-order valence-corrected chi connectivity index (χ3v) is 4.93. The van der Waals surface area contributed by atoms with Crippen molar-refractivity contribution in [2.24, 2.45) is 0 Å². The van der Waals surface area contributed by atoms with E-state index in [-0.39, 0.29) is 12.0 Å². The molecule has 0 aliphatic carbocycles. The number of carbonyl (C=O) groups is 1. The summed E-state index contributed by atoms with van der Waals surface area (Å²) < 4.78 is 4.84. The Morgan fingerprint density at radius 1 is 1.26 bits per heavy atom. The van der Waals surface area contributed by atoms with Crippen LogP contribution in [0.5, 0.6) is 0 Å². The number of fused-ring (bicyclic) bond motifs is 1. The highest BCUT2D eigenvalue weighted by molar-refractivity contribution is 7.20. The Kier molecular flexibility index (Phi) is 4.25. The van der Waals surface area contributed by atoms with E-state index in [1.165, 1.54) is 30.3 Å². The van der Waals surface area contributed by atoms with Crippen LogP contribution in [0.1, 0.15) is 33.8 Å². The van der Waals surface area contributed by atoms with Crippen LogP contribution in [-0.2, 0) is 4.74 Å². The summed E-state index contributed by atoms with van der Waals surface area (Å²) >= 11 is 1.33. The summed E-state index contributed by atoms with van der Waals surface area (Å²) in [6, 6.07) is 10.2. The van der Waals surface area contributed by atoms with Gasteiger partial charge in [-0.25, -0.2) is 14.8 Å². The lowest BCUT2D eigenvalue weighted by atomic mass is 10.1. The van der Waals surface area contributed by atoms with E-state index in [0.717, 1.165) is 21.6 Å². The van der Waals surface area contributed by atoms with Crippen LogP contribution >= 0.6 is 11.3 Å². The summed E-state index contributed by atoms with van der Waals surface area (Å²) in [7, 11) is 1.38. The monoisotopic (exact) mass is 327 g/mol. The maximum absolute atomic E-state index is 11.9. The van der Waals surface area contributed by atoms with Gasteiger partial charge in [0.15, 0.2) is 0 Å². The van der Waals surface area contributed by atoms with Crippen molar-refractivity contribution in [1.29, 1.82) is 0 Å². The van der Waals surface area contributed by atoms with Gasteiger partial charge in [0, 0.05) is 6.04 Å². The number of thiophene rings is 1. The molecule has 0 amide bonds. The normalized spacial score (nSPS) is 12.1. The van der Waals surface area contributed by atoms with Crippen molar-refractivity contribution in [3.05, 3.63) is 52.7 Å². The number of methoxy groups -OCH3 is 1. The first-order chi connectivity index (χ1) is 11.1. The van der Waals surface area contributed by atoms with Crippen molar-refractivity contribution in [2.75, 3.05) is 12.4 Å². The molecule has 0 fully saturated rings. The molecule has 2 aromatic heterocycles. The van der Waals surface area contributed by atoms with Crippen molar-refractivity contribution in [3.8, 4) is 0 Å². The highest BCUT2D eigenvalue weighted by Crippen LogP contribution is 2.34. The zero-order chi connectivity index (χ0) is 16.4. The lowest BCUT2D eigenvalue weighted by Gasteiger charge is -2.15. The highest BCUT2D eigenvalue weighted by Gasteiger charge is 2.20. The summed E-state index contributed by atoms with van der Waals surface area (Å²) in [6.07, 6.45) is 1.51. The van der Waals surface area contributed by atoms with Gasteiger partial charge in [0.05, 0.1) is 12.5 Å². The van der Waals surface area contributed by atoms with E-state index in [0.29, 0.717) is 4.88 Å². The third kappa shape index (κ3) is 2.90. The number of aryl methyl sites for hydroxylation is 1. The second kappa shape index (κ2) is 6.34. The smallest absolute Gasteiger partial charge is 0.348 e. The standard InChI is InChI=1S/C17H17N3O2S/c1-10-13-15(20-11(2)12-7-5-4-6-8-12)18-9-19-16(13)23-14(10)17(21)22-3/h4-9,11H,1-3H3,(H,18,19,20).